The van der Waals surface area contributed by atoms with Gasteiger partial charge in [-0.25, -0.2) is 0 Å². The van der Waals surface area contributed by atoms with Gasteiger partial charge in [0.1, 0.15) is 0 Å². The molecule has 1 fully saturated rings. The van der Waals surface area contributed by atoms with Crippen LogP contribution in [0.4, 0.5) is 0 Å². The summed E-state index contributed by atoms with van der Waals surface area (Å²) >= 11 is 0. The second kappa shape index (κ2) is 5.32. The molecule has 1 unspecified atom stereocenters. The Morgan fingerprint density at radius 1 is 1.47 bits per heavy atom. The molecule has 92 valence electrons. The number of hydrogen-bond donors (Lipinski definition) is 2. The van der Waals surface area contributed by atoms with Crippen molar-refractivity contribution >= 4 is 5.91 Å². The van der Waals surface area contributed by atoms with Crippen LogP contribution in [0.3, 0.4) is 0 Å². The third-order valence-corrected chi connectivity index (χ3v) is 3.44. The lowest BCUT2D eigenvalue weighted by atomic mass is 10.0. The van der Waals surface area contributed by atoms with Crippen molar-refractivity contribution in [2.24, 2.45) is 5.92 Å². The number of rotatable bonds is 3. The smallest absolute Gasteiger partial charge is 0.224 e. The molecule has 1 aliphatic rings. The normalized spacial score (nSPS) is 21.2. The predicted octanol–water partition coefficient (Wildman–Crippen LogP) is 1.78. The van der Waals surface area contributed by atoms with Crippen LogP contribution >= 0.6 is 0 Å². The third kappa shape index (κ3) is 2.86. The first kappa shape index (κ1) is 12.1. The van der Waals surface area contributed by atoms with Crippen molar-refractivity contribution in [2.75, 3.05) is 13.1 Å². The summed E-state index contributed by atoms with van der Waals surface area (Å²) in [5.74, 6) is 0.312. The topological polar surface area (TPSA) is 41.1 Å². The zero-order chi connectivity index (χ0) is 12.3. The van der Waals surface area contributed by atoms with E-state index in [4.69, 9.17) is 0 Å². The van der Waals surface area contributed by atoms with Gasteiger partial charge >= 0.3 is 0 Å². The molecular weight excluding hydrogens is 212 g/mol. The Morgan fingerprint density at radius 3 is 2.88 bits per heavy atom. The molecule has 0 aliphatic carbocycles. The quantitative estimate of drug-likeness (QED) is 0.834. The van der Waals surface area contributed by atoms with E-state index in [9.17, 15) is 4.79 Å². The van der Waals surface area contributed by atoms with E-state index in [0.717, 1.165) is 19.5 Å². The second-order valence-corrected chi connectivity index (χ2v) is 4.78. The Kier molecular flexibility index (Phi) is 3.79. The molecule has 2 N–H and O–H groups in total. The van der Waals surface area contributed by atoms with E-state index in [1.54, 1.807) is 0 Å². The van der Waals surface area contributed by atoms with Crippen molar-refractivity contribution in [1.29, 1.82) is 0 Å². The Balaban J connectivity index is 1.99. The maximum Gasteiger partial charge on any atom is 0.224 e. The summed E-state index contributed by atoms with van der Waals surface area (Å²) in [5.41, 5.74) is 2.43. The molecule has 1 aromatic rings. The Morgan fingerprint density at radius 2 is 2.24 bits per heavy atom. The highest BCUT2D eigenvalue weighted by molar-refractivity contribution is 5.79. The number of carbonyl (C=O) groups is 1. The molecule has 1 aliphatic heterocycles. The molecule has 0 bridgehead atoms. The molecular formula is C14H20N2O. The molecule has 2 rings (SSSR count). The highest BCUT2D eigenvalue weighted by Gasteiger charge is 2.23. The van der Waals surface area contributed by atoms with Gasteiger partial charge in [-0.15, -0.1) is 0 Å². The molecule has 1 saturated heterocycles. The fraction of sp³-hybridized carbons (Fsp3) is 0.500. The Bertz CT molecular complexity index is 397. The fourth-order valence-corrected chi connectivity index (χ4v) is 2.36. The van der Waals surface area contributed by atoms with Crippen LogP contribution in [-0.4, -0.2) is 19.0 Å². The monoisotopic (exact) mass is 232 g/mol. The maximum atomic E-state index is 12.0. The van der Waals surface area contributed by atoms with Crippen molar-refractivity contribution in [3.63, 3.8) is 0 Å². The van der Waals surface area contributed by atoms with Crippen LogP contribution in [0.5, 0.6) is 0 Å². The standard InChI is InChI=1S/C14H20N2O/c1-10-5-3-4-6-13(10)11(2)16-14(17)12-7-8-15-9-12/h3-6,11-12,15H,7-9H2,1-2H3,(H,16,17)/t11-,12?/m1/s1. The predicted molar refractivity (Wildman–Crippen MR) is 68.7 cm³/mol. The summed E-state index contributed by atoms with van der Waals surface area (Å²) in [6.45, 7) is 5.89. The van der Waals surface area contributed by atoms with Gasteiger partial charge in [-0.1, -0.05) is 24.3 Å². The number of aryl methyl sites for hydroxylation is 1. The van der Waals surface area contributed by atoms with Gasteiger partial charge in [-0.2, -0.15) is 0 Å². The first-order chi connectivity index (χ1) is 8.18. The fourth-order valence-electron chi connectivity index (χ4n) is 2.36. The Labute approximate surface area is 103 Å². The molecule has 3 heteroatoms. The summed E-state index contributed by atoms with van der Waals surface area (Å²) in [4.78, 5) is 12.0. The molecule has 0 aromatic heterocycles. The molecule has 2 atom stereocenters. The molecule has 3 nitrogen and oxygen atoms in total. The minimum Gasteiger partial charge on any atom is -0.349 e. The molecule has 0 saturated carbocycles. The van der Waals surface area contributed by atoms with Crippen molar-refractivity contribution in [1.82, 2.24) is 10.6 Å². The molecule has 0 radical (unpaired) electrons. The van der Waals surface area contributed by atoms with Gasteiger partial charge in [0.05, 0.1) is 12.0 Å². The van der Waals surface area contributed by atoms with Crippen LogP contribution < -0.4 is 10.6 Å². The average Bonchev–Trinajstić information content (AvgIpc) is 2.82. The average molecular weight is 232 g/mol. The van der Waals surface area contributed by atoms with Crippen LogP contribution in [0.25, 0.3) is 0 Å². The van der Waals surface area contributed by atoms with E-state index < -0.39 is 0 Å². The van der Waals surface area contributed by atoms with Crippen molar-refractivity contribution in [3.8, 4) is 0 Å². The van der Waals surface area contributed by atoms with Gasteiger partial charge in [0.2, 0.25) is 5.91 Å². The summed E-state index contributed by atoms with van der Waals surface area (Å²) < 4.78 is 0. The first-order valence-corrected chi connectivity index (χ1v) is 6.25. The number of amides is 1. The van der Waals surface area contributed by atoms with E-state index in [0.29, 0.717) is 0 Å². The van der Waals surface area contributed by atoms with E-state index in [1.807, 2.05) is 19.1 Å². The second-order valence-electron chi connectivity index (χ2n) is 4.78. The third-order valence-electron chi connectivity index (χ3n) is 3.44. The van der Waals surface area contributed by atoms with Crippen molar-refractivity contribution < 1.29 is 4.79 Å². The number of hydrogen-bond acceptors (Lipinski definition) is 2. The molecule has 0 spiro atoms. The number of benzene rings is 1. The largest absolute Gasteiger partial charge is 0.349 e. The lowest BCUT2D eigenvalue weighted by molar-refractivity contribution is -0.125. The van der Waals surface area contributed by atoms with Crippen LogP contribution in [-0.2, 0) is 4.79 Å². The zero-order valence-corrected chi connectivity index (χ0v) is 10.5. The summed E-state index contributed by atoms with van der Waals surface area (Å²) in [7, 11) is 0. The highest BCUT2D eigenvalue weighted by atomic mass is 16.2. The van der Waals surface area contributed by atoms with Gasteiger partial charge in [0.25, 0.3) is 0 Å². The minimum atomic E-state index is 0.0873. The molecule has 1 heterocycles. The Hall–Kier alpha value is -1.35. The summed E-state index contributed by atoms with van der Waals surface area (Å²) in [6, 6.07) is 8.28. The van der Waals surface area contributed by atoms with Gasteiger partial charge < -0.3 is 10.6 Å². The van der Waals surface area contributed by atoms with Crippen LogP contribution in [0, 0.1) is 12.8 Å². The SMILES string of the molecule is Cc1ccccc1[C@@H](C)NC(=O)C1CCNC1. The zero-order valence-electron chi connectivity index (χ0n) is 10.5. The van der Waals surface area contributed by atoms with Gasteiger partial charge in [0.15, 0.2) is 0 Å². The van der Waals surface area contributed by atoms with Gasteiger partial charge in [-0.3, -0.25) is 4.79 Å². The van der Waals surface area contributed by atoms with E-state index in [-0.39, 0.29) is 17.9 Å². The lowest BCUT2D eigenvalue weighted by Crippen LogP contribution is -2.34. The summed E-state index contributed by atoms with van der Waals surface area (Å²) in [5, 5.41) is 6.32. The number of nitrogens with one attached hydrogen (secondary N) is 2. The lowest BCUT2D eigenvalue weighted by Gasteiger charge is -2.18. The van der Waals surface area contributed by atoms with E-state index in [1.165, 1.54) is 11.1 Å². The van der Waals surface area contributed by atoms with Gasteiger partial charge in [-0.05, 0) is 37.9 Å². The highest BCUT2D eigenvalue weighted by Crippen LogP contribution is 2.18. The van der Waals surface area contributed by atoms with Crippen LogP contribution in [0.15, 0.2) is 24.3 Å². The van der Waals surface area contributed by atoms with E-state index in [2.05, 4.69) is 29.7 Å². The van der Waals surface area contributed by atoms with E-state index >= 15 is 0 Å². The molecule has 1 aromatic carbocycles. The summed E-state index contributed by atoms with van der Waals surface area (Å²) in [6.07, 6.45) is 0.951. The first-order valence-electron chi connectivity index (χ1n) is 6.25. The molecule has 1 amide bonds. The minimum absolute atomic E-state index is 0.0873. The van der Waals surface area contributed by atoms with Crippen molar-refractivity contribution in [3.05, 3.63) is 35.4 Å². The van der Waals surface area contributed by atoms with Crippen molar-refractivity contribution in [2.45, 2.75) is 26.3 Å². The maximum absolute atomic E-state index is 12.0. The van der Waals surface area contributed by atoms with Crippen LogP contribution in [0.2, 0.25) is 0 Å². The van der Waals surface area contributed by atoms with Crippen LogP contribution in [0.1, 0.15) is 30.5 Å². The van der Waals surface area contributed by atoms with Gasteiger partial charge in [0, 0.05) is 6.54 Å². The molecule has 17 heavy (non-hydrogen) atoms. The number of carbonyl (C=O) groups excluding carboxylic acids is 1.